The Labute approximate surface area is 128 Å². The number of ether oxygens (including phenoxy) is 1. The Kier molecular flexibility index (Phi) is 4.23. The summed E-state index contributed by atoms with van der Waals surface area (Å²) in [5.41, 5.74) is 2.05. The van der Waals surface area contributed by atoms with Crippen LogP contribution in [-0.4, -0.2) is 5.11 Å². The van der Waals surface area contributed by atoms with Crippen molar-refractivity contribution in [3.8, 4) is 5.75 Å². The molecule has 0 spiro atoms. The van der Waals surface area contributed by atoms with Crippen LogP contribution in [0.3, 0.4) is 0 Å². The second-order valence-electron chi connectivity index (χ2n) is 5.01. The zero-order valence-corrected chi connectivity index (χ0v) is 12.8. The molecule has 1 heterocycles. The van der Waals surface area contributed by atoms with E-state index in [0.29, 0.717) is 13.0 Å². The molecule has 1 aromatic heterocycles. The molecule has 1 N–H and O–H groups in total. The van der Waals surface area contributed by atoms with E-state index in [-0.39, 0.29) is 0 Å². The maximum atomic E-state index is 10.1. The molecule has 0 aliphatic rings. The van der Waals surface area contributed by atoms with E-state index >= 15 is 0 Å². The van der Waals surface area contributed by atoms with Crippen molar-refractivity contribution in [2.45, 2.75) is 26.1 Å². The van der Waals surface area contributed by atoms with Gasteiger partial charge in [0.25, 0.3) is 0 Å². The van der Waals surface area contributed by atoms with Crippen molar-refractivity contribution in [2.75, 3.05) is 0 Å². The van der Waals surface area contributed by atoms with Crippen molar-refractivity contribution in [3.05, 3.63) is 65.0 Å². The highest BCUT2D eigenvalue weighted by atomic mass is 32.1. The van der Waals surface area contributed by atoms with E-state index in [1.807, 2.05) is 37.3 Å². The molecule has 0 amide bonds. The molecule has 3 aromatic rings. The lowest BCUT2D eigenvalue weighted by atomic mass is 10.1. The number of benzene rings is 2. The van der Waals surface area contributed by atoms with Gasteiger partial charge in [0.15, 0.2) is 0 Å². The van der Waals surface area contributed by atoms with Crippen molar-refractivity contribution >= 4 is 21.4 Å². The number of para-hydroxylation sites is 1. The zero-order valence-electron chi connectivity index (χ0n) is 12.0. The highest BCUT2D eigenvalue weighted by Gasteiger charge is 2.12. The molecular weight excluding hydrogens is 280 g/mol. The van der Waals surface area contributed by atoms with Crippen molar-refractivity contribution in [2.24, 2.45) is 0 Å². The summed E-state index contributed by atoms with van der Waals surface area (Å²) in [5, 5.41) is 13.4. The second kappa shape index (κ2) is 6.29. The average Bonchev–Trinajstić information content (AvgIpc) is 2.96. The summed E-state index contributed by atoms with van der Waals surface area (Å²) < 4.78 is 7.24. The highest BCUT2D eigenvalue weighted by molar-refractivity contribution is 7.17. The first-order valence-electron chi connectivity index (χ1n) is 7.14. The smallest absolute Gasteiger partial charge is 0.125 e. The second-order valence-corrected chi connectivity index (χ2v) is 5.92. The van der Waals surface area contributed by atoms with Gasteiger partial charge in [-0.15, -0.1) is 11.3 Å². The lowest BCUT2D eigenvalue weighted by molar-refractivity contribution is 0.166. The number of aliphatic hydroxyl groups is 1. The minimum atomic E-state index is -0.472. The predicted molar refractivity (Wildman–Crippen MR) is 87.8 cm³/mol. The van der Waals surface area contributed by atoms with Crippen molar-refractivity contribution in [3.63, 3.8) is 0 Å². The van der Waals surface area contributed by atoms with Gasteiger partial charge in [0.2, 0.25) is 0 Å². The van der Waals surface area contributed by atoms with Crippen LogP contribution in [0.5, 0.6) is 5.75 Å². The quantitative estimate of drug-likeness (QED) is 0.724. The Bertz CT molecular complexity index is 733. The number of aliphatic hydroxyl groups excluding tert-OH is 1. The van der Waals surface area contributed by atoms with E-state index in [1.165, 1.54) is 15.6 Å². The molecule has 0 saturated heterocycles. The Morgan fingerprint density at radius 3 is 2.71 bits per heavy atom. The lowest BCUT2D eigenvalue weighted by Gasteiger charge is -2.14. The molecule has 0 radical (unpaired) electrons. The van der Waals surface area contributed by atoms with Crippen LogP contribution < -0.4 is 4.74 Å². The van der Waals surface area contributed by atoms with Crippen molar-refractivity contribution in [1.82, 2.24) is 0 Å². The molecule has 0 fully saturated rings. The fraction of sp³-hybridized carbons (Fsp3) is 0.222. The van der Waals surface area contributed by atoms with Gasteiger partial charge in [0, 0.05) is 15.8 Å². The van der Waals surface area contributed by atoms with Crippen molar-refractivity contribution < 1.29 is 9.84 Å². The number of hydrogen-bond donors (Lipinski definition) is 1. The Hall–Kier alpha value is -1.84. The molecular formula is C18H18O2S. The van der Waals surface area contributed by atoms with E-state index in [0.717, 1.165) is 11.3 Å². The largest absolute Gasteiger partial charge is 0.488 e. The molecule has 2 aromatic carbocycles. The highest BCUT2D eigenvalue weighted by Crippen LogP contribution is 2.30. The van der Waals surface area contributed by atoms with Gasteiger partial charge in [-0.25, -0.2) is 0 Å². The van der Waals surface area contributed by atoms with Crippen LogP contribution in [0.15, 0.2) is 53.9 Å². The number of fused-ring (bicyclic) bond motifs is 1. The van der Waals surface area contributed by atoms with Crippen LogP contribution in [0.4, 0.5) is 0 Å². The first kappa shape index (κ1) is 14.1. The SMILES string of the molecule is CC[C@@H](O)c1ccccc1OCc1csc2ccccc12. The fourth-order valence-corrected chi connectivity index (χ4v) is 3.35. The standard InChI is InChI=1S/C18H18O2S/c1-2-16(19)15-8-3-5-9-17(15)20-11-13-12-21-18-10-6-4-7-14(13)18/h3-10,12,16,19H,2,11H2,1H3/t16-/m1/s1. The number of hydrogen-bond acceptors (Lipinski definition) is 3. The third kappa shape index (κ3) is 2.94. The fourth-order valence-electron chi connectivity index (χ4n) is 2.41. The van der Waals surface area contributed by atoms with Crippen molar-refractivity contribution in [1.29, 1.82) is 0 Å². The lowest BCUT2D eigenvalue weighted by Crippen LogP contribution is -2.02. The van der Waals surface area contributed by atoms with Crippen LogP contribution in [0.2, 0.25) is 0 Å². The molecule has 0 aliphatic carbocycles. The van der Waals surface area contributed by atoms with Crippen LogP contribution in [-0.2, 0) is 6.61 Å². The maximum Gasteiger partial charge on any atom is 0.125 e. The molecule has 1 atom stereocenters. The summed E-state index contributed by atoms with van der Waals surface area (Å²) in [5.74, 6) is 0.766. The summed E-state index contributed by atoms with van der Waals surface area (Å²) in [7, 11) is 0. The van der Waals surface area contributed by atoms with Crippen LogP contribution >= 0.6 is 11.3 Å². The maximum absolute atomic E-state index is 10.1. The minimum absolute atomic E-state index is 0.472. The van der Waals surface area contributed by atoms with E-state index in [1.54, 1.807) is 11.3 Å². The van der Waals surface area contributed by atoms with Crippen LogP contribution in [0.25, 0.3) is 10.1 Å². The first-order chi connectivity index (χ1) is 10.3. The third-order valence-electron chi connectivity index (χ3n) is 3.61. The minimum Gasteiger partial charge on any atom is -0.488 e. The molecule has 0 bridgehead atoms. The topological polar surface area (TPSA) is 29.5 Å². The predicted octanol–water partition coefficient (Wildman–Crippen LogP) is 4.92. The molecule has 3 rings (SSSR count). The van der Waals surface area contributed by atoms with E-state index in [2.05, 4.69) is 23.6 Å². The molecule has 3 heteroatoms. The summed E-state index contributed by atoms with van der Waals surface area (Å²) >= 11 is 1.73. The van der Waals surface area contributed by atoms with E-state index in [9.17, 15) is 5.11 Å². The number of thiophene rings is 1. The Morgan fingerprint density at radius 1 is 1.10 bits per heavy atom. The van der Waals surface area contributed by atoms with Gasteiger partial charge in [-0.1, -0.05) is 43.3 Å². The molecule has 0 saturated carbocycles. The van der Waals surface area contributed by atoms with Gasteiger partial charge < -0.3 is 9.84 Å². The Morgan fingerprint density at radius 2 is 1.86 bits per heavy atom. The van der Waals surface area contributed by atoms with Gasteiger partial charge in [0.05, 0.1) is 6.10 Å². The van der Waals surface area contributed by atoms with E-state index < -0.39 is 6.10 Å². The van der Waals surface area contributed by atoms with Gasteiger partial charge in [-0.2, -0.15) is 0 Å². The summed E-state index contributed by atoms with van der Waals surface area (Å²) in [6.45, 7) is 2.49. The molecule has 108 valence electrons. The van der Waals surface area contributed by atoms with E-state index in [4.69, 9.17) is 4.74 Å². The molecule has 2 nitrogen and oxygen atoms in total. The van der Waals surface area contributed by atoms with Gasteiger partial charge in [-0.3, -0.25) is 0 Å². The molecule has 21 heavy (non-hydrogen) atoms. The van der Waals surface area contributed by atoms with Gasteiger partial charge in [0.1, 0.15) is 12.4 Å². The summed E-state index contributed by atoms with van der Waals surface area (Å²) in [6, 6.07) is 16.1. The average molecular weight is 298 g/mol. The number of rotatable bonds is 5. The normalized spacial score (nSPS) is 12.5. The molecule has 0 aliphatic heterocycles. The monoisotopic (exact) mass is 298 g/mol. The first-order valence-corrected chi connectivity index (χ1v) is 8.02. The Balaban J connectivity index is 1.82. The van der Waals surface area contributed by atoms with Gasteiger partial charge >= 0.3 is 0 Å². The zero-order chi connectivity index (χ0) is 14.7. The van der Waals surface area contributed by atoms with Gasteiger partial charge in [-0.05, 0) is 29.3 Å². The third-order valence-corrected chi connectivity index (χ3v) is 4.62. The van der Waals surface area contributed by atoms with Crippen LogP contribution in [0, 0.1) is 0 Å². The molecule has 0 unspecified atom stereocenters. The summed E-state index contributed by atoms with van der Waals surface area (Å²) in [6.07, 6.45) is 0.210. The van der Waals surface area contributed by atoms with Crippen LogP contribution in [0.1, 0.15) is 30.6 Å². The summed E-state index contributed by atoms with van der Waals surface area (Å²) in [4.78, 5) is 0.